The summed E-state index contributed by atoms with van der Waals surface area (Å²) in [4.78, 5) is 48.0. The van der Waals surface area contributed by atoms with E-state index in [0.717, 1.165) is 22.2 Å². The molecule has 1 fully saturated rings. The van der Waals surface area contributed by atoms with Gasteiger partial charge in [0.2, 0.25) is 0 Å². The van der Waals surface area contributed by atoms with E-state index in [9.17, 15) is 14.4 Å². The molecule has 0 saturated carbocycles. The first-order valence-electron chi connectivity index (χ1n) is 10.7. The van der Waals surface area contributed by atoms with Crippen molar-refractivity contribution in [1.29, 1.82) is 0 Å². The first kappa shape index (κ1) is 21.1. The molecule has 0 radical (unpaired) electrons. The topological polar surface area (TPSA) is 89.3 Å². The summed E-state index contributed by atoms with van der Waals surface area (Å²) < 4.78 is 0. The van der Waals surface area contributed by atoms with E-state index in [1.807, 2.05) is 49.1 Å². The van der Waals surface area contributed by atoms with Crippen molar-refractivity contribution in [1.82, 2.24) is 19.8 Å². The molecule has 1 aliphatic rings. The number of carbonyl (C=O) groups is 3. The number of fused-ring (bicyclic) bond motifs is 1. The lowest BCUT2D eigenvalue weighted by molar-refractivity contribution is 0.0619. The molecule has 31 heavy (non-hydrogen) atoms. The number of carbonyl (C=O) groups excluding carboxylic acids is 3. The first-order valence-corrected chi connectivity index (χ1v) is 10.7. The maximum atomic E-state index is 12.9. The van der Waals surface area contributed by atoms with E-state index in [2.05, 4.69) is 14.9 Å². The van der Waals surface area contributed by atoms with Crippen molar-refractivity contribution in [3.8, 4) is 0 Å². The highest BCUT2D eigenvalue weighted by molar-refractivity contribution is 6.04. The third-order valence-corrected chi connectivity index (χ3v) is 6.06. The number of hydrogen-bond acceptors (Lipinski definition) is 4. The maximum Gasteiger partial charge on any atom is 0.270 e. The normalized spacial score (nSPS) is 14.9. The van der Waals surface area contributed by atoms with Gasteiger partial charge in [0, 0.05) is 48.3 Å². The summed E-state index contributed by atoms with van der Waals surface area (Å²) in [5.41, 5.74) is 4.29. The van der Waals surface area contributed by atoms with E-state index >= 15 is 0 Å². The van der Waals surface area contributed by atoms with Crippen molar-refractivity contribution < 1.29 is 14.4 Å². The van der Waals surface area contributed by atoms with Gasteiger partial charge in [-0.3, -0.25) is 19.3 Å². The highest BCUT2D eigenvalue weighted by atomic mass is 16.2. The molecule has 1 aromatic carbocycles. The van der Waals surface area contributed by atoms with Crippen LogP contribution in [0.2, 0.25) is 0 Å². The number of piperazine rings is 1. The summed E-state index contributed by atoms with van der Waals surface area (Å²) in [5, 5.41) is 1.02. The molecule has 7 nitrogen and oxygen atoms in total. The summed E-state index contributed by atoms with van der Waals surface area (Å²) in [5.74, 6) is -0.0434. The lowest BCUT2D eigenvalue weighted by atomic mass is 10.0. The third-order valence-electron chi connectivity index (χ3n) is 6.06. The summed E-state index contributed by atoms with van der Waals surface area (Å²) >= 11 is 0. The van der Waals surface area contributed by atoms with Crippen LogP contribution in [0.4, 0.5) is 0 Å². The number of benzene rings is 1. The van der Waals surface area contributed by atoms with Crippen LogP contribution in [-0.4, -0.2) is 70.0 Å². The number of nitrogens with one attached hydrogen (secondary N) is 2. The van der Waals surface area contributed by atoms with E-state index < -0.39 is 0 Å². The molecule has 1 saturated heterocycles. The number of rotatable bonds is 6. The van der Waals surface area contributed by atoms with E-state index in [1.54, 1.807) is 0 Å². The molecule has 3 heterocycles. The smallest absolute Gasteiger partial charge is 0.270 e. The third kappa shape index (κ3) is 4.05. The number of hydrogen-bond donors (Lipinski definition) is 2. The Balaban J connectivity index is 1.39. The molecular formula is C24H28N4O3. The fourth-order valence-corrected chi connectivity index (χ4v) is 4.50. The van der Waals surface area contributed by atoms with E-state index in [1.165, 1.54) is 6.92 Å². The summed E-state index contributed by atoms with van der Waals surface area (Å²) in [7, 11) is 0. The number of aryl methyl sites for hydroxylation is 1. The Bertz CT molecular complexity index is 1120. The molecule has 1 amide bonds. The van der Waals surface area contributed by atoms with E-state index in [-0.39, 0.29) is 24.0 Å². The summed E-state index contributed by atoms with van der Waals surface area (Å²) in [6.45, 7) is 8.03. The van der Waals surface area contributed by atoms with Crippen molar-refractivity contribution in [2.45, 2.75) is 27.2 Å². The monoisotopic (exact) mass is 420 g/mol. The highest BCUT2D eigenvalue weighted by Gasteiger charge is 2.27. The Morgan fingerprint density at radius 3 is 2.39 bits per heavy atom. The quantitative estimate of drug-likeness (QED) is 0.599. The van der Waals surface area contributed by atoms with Gasteiger partial charge in [-0.2, -0.15) is 0 Å². The SMILES string of the molecule is CCc1c(C(=O)CN2CCN(C(=O)c3cc4ccccc4[nH]3)CC2)[nH]c(C)c1C(C)=O. The van der Waals surface area contributed by atoms with Gasteiger partial charge in [0.25, 0.3) is 5.91 Å². The molecule has 2 N–H and O–H groups in total. The zero-order valence-electron chi connectivity index (χ0n) is 18.2. The molecule has 3 aromatic rings. The Morgan fingerprint density at radius 2 is 1.74 bits per heavy atom. The van der Waals surface area contributed by atoms with Gasteiger partial charge < -0.3 is 14.9 Å². The standard InChI is InChI=1S/C24H28N4O3/c1-4-18-22(16(3)29)15(2)25-23(18)21(30)14-27-9-11-28(12-10-27)24(31)20-13-17-7-5-6-8-19(17)26-20/h5-8,13,25-26H,4,9-12,14H2,1-3H3. The van der Waals surface area contributed by atoms with Gasteiger partial charge in [0.1, 0.15) is 5.69 Å². The minimum absolute atomic E-state index is 0.0113. The van der Waals surface area contributed by atoms with Gasteiger partial charge in [-0.05, 0) is 38.0 Å². The van der Waals surface area contributed by atoms with Gasteiger partial charge >= 0.3 is 0 Å². The molecule has 2 aromatic heterocycles. The second-order valence-corrected chi connectivity index (χ2v) is 8.15. The molecule has 0 atom stereocenters. The Morgan fingerprint density at radius 1 is 1.03 bits per heavy atom. The lowest BCUT2D eigenvalue weighted by Crippen LogP contribution is -2.50. The average molecular weight is 421 g/mol. The van der Waals surface area contributed by atoms with Crippen LogP contribution in [0.3, 0.4) is 0 Å². The Kier molecular flexibility index (Phi) is 5.78. The molecule has 0 unspecified atom stereocenters. The number of amides is 1. The van der Waals surface area contributed by atoms with Crippen LogP contribution in [0.5, 0.6) is 0 Å². The van der Waals surface area contributed by atoms with Crippen LogP contribution in [-0.2, 0) is 6.42 Å². The second kappa shape index (κ2) is 8.51. The van der Waals surface area contributed by atoms with Crippen molar-refractivity contribution in [2.75, 3.05) is 32.7 Å². The average Bonchev–Trinajstić information content (AvgIpc) is 3.34. The van der Waals surface area contributed by atoms with Crippen molar-refractivity contribution in [3.05, 3.63) is 58.5 Å². The number of aromatic amines is 2. The van der Waals surface area contributed by atoms with Gasteiger partial charge in [-0.1, -0.05) is 25.1 Å². The zero-order chi connectivity index (χ0) is 22.1. The molecule has 7 heteroatoms. The molecule has 4 rings (SSSR count). The summed E-state index contributed by atoms with van der Waals surface area (Å²) in [6.07, 6.45) is 0.632. The van der Waals surface area contributed by atoms with Gasteiger partial charge in [0.05, 0.1) is 12.2 Å². The van der Waals surface area contributed by atoms with Crippen LogP contribution < -0.4 is 0 Å². The van der Waals surface area contributed by atoms with Gasteiger partial charge in [0.15, 0.2) is 11.6 Å². The van der Waals surface area contributed by atoms with Crippen molar-refractivity contribution in [2.24, 2.45) is 0 Å². The number of H-pyrrole nitrogens is 2. The molecular weight excluding hydrogens is 392 g/mol. The van der Waals surface area contributed by atoms with Crippen LogP contribution in [0.25, 0.3) is 10.9 Å². The second-order valence-electron chi connectivity index (χ2n) is 8.15. The predicted octanol–water partition coefficient (Wildman–Crippen LogP) is 3.21. The number of nitrogens with zero attached hydrogens (tertiary/aromatic N) is 2. The van der Waals surface area contributed by atoms with Gasteiger partial charge in [-0.25, -0.2) is 0 Å². The van der Waals surface area contributed by atoms with Crippen LogP contribution in [0, 0.1) is 6.92 Å². The molecule has 0 spiro atoms. The molecule has 0 aliphatic carbocycles. The van der Waals surface area contributed by atoms with Gasteiger partial charge in [-0.15, -0.1) is 0 Å². The molecule has 0 bridgehead atoms. The zero-order valence-corrected chi connectivity index (χ0v) is 18.2. The van der Waals surface area contributed by atoms with Crippen LogP contribution in [0.15, 0.2) is 30.3 Å². The highest BCUT2D eigenvalue weighted by Crippen LogP contribution is 2.22. The van der Waals surface area contributed by atoms with Crippen LogP contribution in [0.1, 0.15) is 56.4 Å². The maximum absolute atomic E-state index is 12.9. The fourth-order valence-electron chi connectivity index (χ4n) is 4.50. The lowest BCUT2D eigenvalue weighted by Gasteiger charge is -2.34. The van der Waals surface area contributed by atoms with Crippen LogP contribution >= 0.6 is 0 Å². The Hall–Kier alpha value is -3.19. The van der Waals surface area contributed by atoms with Crippen molar-refractivity contribution in [3.63, 3.8) is 0 Å². The number of ketones is 2. The summed E-state index contributed by atoms with van der Waals surface area (Å²) in [6, 6.07) is 9.73. The number of aromatic nitrogens is 2. The minimum Gasteiger partial charge on any atom is -0.355 e. The largest absolute Gasteiger partial charge is 0.355 e. The minimum atomic E-state index is -0.0197. The van der Waals surface area contributed by atoms with E-state index in [0.29, 0.717) is 49.6 Å². The van der Waals surface area contributed by atoms with Crippen molar-refractivity contribution >= 4 is 28.4 Å². The molecule has 1 aliphatic heterocycles. The Labute approximate surface area is 181 Å². The predicted molar refractivity (Wildman–Crippen MR) is 120 cm³/mol. The number of para-hydroxylation sites is 1. The fraction of sp³-hybridized carbons (Fsp3) is 0.375. The number of Topliss-reactive ketones (excluding diaryl/α,β-unsaturated/α-hetero) is 2. The molecule has 162 valence electrons. The first-order chi connectivity index (χ1) is 14.9. The van der Waals surface area contributed by atoms with E-state index in [4.69, 9.17) is 0 Å².